The van der Waals surface area contributed by atoms with Gasteiger partial charge in [-0.05, 0) is 19.1 Å². The molecule has 0 aliphatic carbocycles. The number of hydrogen-bond acceptors (Lipinski definition) is 2. The molecule has 0 aromatic heterocycles. The molecular weight excluding hydrogens is 233 g/mol. The molecule has 0 spiro atoms. The average molecular weight is 239 g/mol. The van der Waals surface area contributed by atoms with Crippen molar-refractivity contribution in [2.24, 2.45) is 0 Å². The van der Waals surface area contributed by atoms with Gasteiger partial charge in [0.15, 0.2) is 5.78 Å². The molecule has 0 aliphatic heterocycles. The van der Waals surface area contributed by atoms with E-state index >= 15 is 0 Å². The van der Waals surface area contributed by atoms with E-state index in [2.05, 4.69) is 0 Å². The predicted octanol–water partition coefficient (Wildman–Crippen LogP) is 3.27. The third-order valence-corrected chi connectivity index (χ3v) is 2.07. The predicted molar refractivity (Wildman–Crippen MR) is 48.1 cm³/mol. The number of halogens is 4. The molecule has 0 heterocycles. The fourth-order valence-corrected chi connectivity index (χ4v) is 1.25. The molecule has 0 fully saturated rings. The second-order valence-corrected chi connectivity index (χ2v) is 3.31. The van der Waals surface area contributed by atoms with Gasteiger partial charge in [-0.3, -0.25) is 4.79 Å². The number of Topliss-reactive ketones (excluding diaryl/α,β-unsaturated/α-hetero) is 1. The van der Waals surface area contributed by atoms with Crippen LogP contribution in [0.4, 0.5) is 13.2 Å². The molecule has 0 radical (unpaired) electrons. The highest BCUT2D eigenvalue weighted by Gasteiger charge is 2.35. The summed E-state index contributed by atoms with van der Waals surface area (Å²) in [5, 5.41) is 8.65. The number of phenols is 1. The van der Waals surface area contributed by atoms with Crippen molar-refractivity contribution in [2.45, 2.75) is 13.1 Å². The van der Waals surface area contributed by atoms with Crippen molar-refractivity contribution < 1.29 is 23.1 Å². The van der Waals surface area contributed by atoms with Gasteiger partial charge in [-0.1, -0.05) is 11.6 Å². The van der Waals surface area contributed by atoms with Crippen LogP contribution >= 0.6 is 11.6 Å². The molecule has 0 saturated carbocycles. The fraction of sp³-hybridized carbons (Fsp3) is 0.222. The summed E-state index contributed by atoms with van der Waals surface area (Å²) >= 11 is 5.34. The zero-order valence-electron chi connectivity index (χ0n) is 7.52. The maximum atomic E-state index is 12.4. The first-order valence-electron chi connectivity index (χ1n) is 3.84. The van der Waals surface area contributed by atoms with Crippen LogP contribution in [0.3, 0.4) is 0 Å². The van der Waals surface area contributed by atoms with E-state index in [4.69, 9.17) is 16.7 Å². The van der Waals surface area contributed by atoms with Crippen molar-refractivity contribution in [1.29, 1.82) is 0 Å². The number of carbonyl (C=O) groups excluding carboxylic acids is 1. The van der Waals surface area contributed by atoms with Crippen molar-refractivity contribution in [1.82, 2.24) is 0 Å². The van der Waals surface area contributed by atoms with E-state index < -0.39 is 33.9 Å². The van der Waals surface area contributed by atoms with Crippen molar-refractivity contribution in [3.8, 4) is 5.75 Å². The Labute approximate surface area is 88.3 Å². The summed E-state index contributed by atoms with van der Waals surface area (Å²) in [7, 11) is 0. The van der Waals surface area contributed by atoms with Crippen LogP contribution in [0.5, 0.6) is 5.75 Å². The van der Waals surface area contributed by atoms with Gasteiger partial charge in [-0.15, -0.1) is 0 Å². The smallest absolute Gasteiger partial charge is 0.417 e. The summed E-state index contributed by atoms with van der Waals surface area (Å²) in [6.07, 6.45) is -4.67. The van der Waals surface area contributed by atoms with E-state index in [1.807, 2.05) is 0 Å². The van der Waals surface area contributed by atoms with E-state index in [1.165, 1.54) is 0 Å². The van der Waals surface area contributed by atoms with Gasteiger partial charge in [0.05, 0.1) is 10.6 Å². The molecule has 0 atom stereocenters. The SMILES string of the molecule is CC(=O)c1cc(O)c(Cl)cc1C(F)(F)F. The van der Waals surface area contributed by atoms with Gasteiger partial charge in [0.2, 0.25) is 0 Å². The molecule has 0 bridgehead atoms. The van der Waals surface area contributed by atoms with Crippen LogP contribution < -0.4 is 0 Å². The van der Waals surface area contributed by atoms with Crippen molar-refractivity contribution in [3.63, 3.8) is 0 Å². The molecule has 1 aromatic carbocycles. The molecule has 0 unspecified atom stereocenters. The monoisotopic (exact) mass is 238 g/mol. The molecule has 2 nitrogen and oxygen atoms in total. The molecule has 1 rings (SSSR count). The molecule has 15 heavy (non-hydrogen) atoms. The average Bonchev–Trinajstić information content (AvgIpc) is 2.06. The quantitative estimate of drug-likeness (QED) is 0.763. The molecular formula is C9H6ClF3O2. The maximum Gasteiger partial charge on any atom is 0.417 e. The lowest BCUT2D eigenvalue weighted by Gasteiger charge is -2.11. The minimum Gasteiger partial charge on any atom is -0.506 e. The van der Waals surface area contributed by atoms with Gasteiger partial charge in [-0.25, -0.2) is 0 Å². The van der Waals surface area contributed by atoms with Crippen molar-refractivity contribution in [3.05, 3.63) is 28.3 Å². The Bertz CT molecular complexity index is 413. The largest absolute Gasteiger partial charge is 0.506 e. The lowest BCUT2D eigenvalue weighted by molar-refractivity contribution is -0.137. The third kappa shape index (κ3) is 2.41. The van der Waals surface area contributed by atoms with Gasteiger partial charge in [0, 0.05) is 5.56 Å². The number of phenolic OH excluding ortho intramolecular Hbond substituents is 1. The Morgan fingerprint density at radius 2 is 1.93 bits per heavy atom. The Kier molecular flexibility index (Phi) is 2.95. The second kappa shape index (κ2) is 3.73. The highest BCUT2D eigenvalue weighted by molar-refractivity contribution is 6.32. The summed E-state index contributed by atoms with van der Waals surface area (Å²) in [6.45, 7) is 0.984. The van der Waals surface area contributed by atoms with Gasteiger partial charge in [0.25, 0.3) is 0 Å². The Morgan fingerprint density at radius 1 is 1.40 bits per heavy atom. The minimum absolute atomic E-state index is 0.438. The van der Waals surface area contributed by atoms with Gasteiger partial charge >= 0.3 is 6.18 Å². The van der Waals surface area contributed by atoms with Crippen LogP contribution in [0.1, 0.15) is 22.8 Å². The maximum absolute atomic E-state index is 12.4. The second-order valence-electron chi connectivity index (χ2n) is 2.90. The normalized spacial score (nSPS) is 11.5. The lowest BCUT2D eigenvalue weighted by atomic mass is 10.0. The number of hydrogen-bond donors (Lipinski definition) is 1. The van der Waals surface area contributed by atoms with Gasteiger partial charge in [-0.2, -0.15) is 13.2 Å². The summed E-state index contributed by atoms with van der Waals surface area (Å²) in [5.41, 5.74) is -1.73. The van der Waals surface area contributed by atoms with E-state index in [-0.39, 0.29) is 0 Å². The number of rotatable bonds is 1. The minimum atomic E-state index is -4.67. The van der Waals surface area contributed by atoms with Crippen LogP contribution in [-0.2, 0) is 6.18 Å². The summed E-state index contributed by atoms with van der Waals surface area (Å²) in [5.74, 6) is -1.33. The standard InChI is InChI=1S/C9H6ClF3O2/c1-4(14)5-2-8(15)7(10)3-6(5)9(11,12)13/h2-3,15H,1H3. The number of benzene rings is 1. The number of aromatic hydroxyl groups is 1. The molecule has 6 heteroatoms. The molecule has 82 valence electrons. The van der Waals surface area contributed by atoms with E-state index in [0.717, 1.165) is 6.92 Å². The molecule has 0 aliphatic rings. The summed E-state index contributed by atoms with van der Waals surface area (Å²) < 4.78 is 37.3. The van der Waals surface area contributed by atoms with E-state index in [1.54, 1.807) is 0 Å². The zero-order chi connectivity index (χ0) is 11.8. The number of alkyl halides is 3. The first-order valence-corrected chi connectivity index (χ1v) is 4.22. The highest BCUT2D eigenvalue weighted by Crippen LogP contribution is 2.37. The van der Waals surface area contributed by atoms with Crippen LogP contribution in [0.2, 0.25) is 5.02 Å². The first-order chi connectivity index (χ1) is 6.73. The Morgan fingerprint density at radius 3 is 2.33 bits per heavy atom. The lowest BCUT2D eigenvalue weighted by Crippen LogP contribution is -2.11. The number of carbonyl (C=O) groups is 1. The molecule has 0 amide bonds. The van der Waals surface area contributed by atoms with Crippen molar-refractivity contribution >= 4 is 17.4 Å². The summed E-state index contributed by atoms with van der Waals surface area (Å²) in [4.78, 5) is 10.9. The number of ketones is 1. The molecule has 1 N–H and O–H groups in total. The topological polar surface area (TPSA) is 37.3 Å². The fourth-order valence-electron chi connectivity index (χ4n) is 1.09. The van der Waals surface area contributed by atoms with Crippen molar-refractivity contribution in [2.75, 3.05) is 0 Å². The molecule has 1 aromatic rings. The highest BCUT2D eigenvalue weighted by atomic mass is 35.5. The van der Waals surface area contributed by atoms with Crippen LogP contribution in [0, 0.1) is 0 Å². The first kappa shape index (κ1) is 11.8. The third-order valence-electron chi connectivity index (χ3n) is 1.77. The van der Waals surface area contributed by atoms with Gasteiger partial charge in [0.1, 0.15) is 5.75 Å². The summed E-state index contributed by atoms with van der Waals surface area (Å²) in [6, 6.07) is 1.25. The van der Waals surface area contributed by atoms with E-state index in [0.29, 0.717) is 12.1 Å². The van der Waals surface area contributed by atoms with Gasteiger partial charge < -0.3 is 5.11 Å². The Hall–Kier alpha value is -1.23. The van der Waals surface area contributed by atoms with Crippen LogP contribution in [0.25, 0.3) is 0 Å². The van der Waals surface area contributed by atoms with E-state index in [9.17, 15) is 18.0 Å². The van der Waals surface area contributed by atoms with Crippen LogP contribution in [-0.4, -0.2) is 10.9 Å². The van der Waals surface area contributed by atoms with Crippen LogP contribution in [0.15, 0.2) is 12.1 Å². The zero-order valence-corrected chi connectivity index (χ0v) is 8.28. The Balaban J connectivity index is 3.49. The molecule has 0 saturated heterocycles.